The first-order chi connectivity index (χ1) is 23.9. The summed E-state index contributed by atoms with van der Waals surface area (Å²) in [5, 5.41) is 4.58. The molecule has 2 aromatic heterocycles. The van der Waals surface area contributed by atoms with E-state index in [1.807, 2.05) is 0 Å². The summed E-state index contributed by atoms with van der Waals surface area (Å²) in [6.45, 7) is 11.0. The van der Waals surface area contributed by atoms with Gasteiger partial charge in [0.2, 0.25) is 11.8 Å². The summed E-state index contributed by atoms with van der Waals surface area (Å²) >= 11 is 1.45. The molecule has 2 aliphatic rings. The molecule has 2 fully saturated rings. The van der Waals surface area contributed by atoms with E-state index in [0.717, 1.165) is 41.7 Å². The van der Waals surface area contributed by atoms with Crippen LogP contribution in [0.15, 0.2) is 48.7 Å². The van der Waals surface area contributed by atoms with Gasteiger partial charge >= 0.3 is 5.69 Å². The number of para-hydroxylation sites is 1. The molecule has 4 aromatic rings. The van der Waals surface area contributed by atoms with E-state index >= 15 is 4.39 Å². The zero-order chi connectivity index (χ0) is 36.0. The van der Waals surface area contributed by atoms with Crippen LogP contribution in [0.3, 0.4) is 0 Å². The molecular formula is C37H48F2N6O2PS2+. The molecule has 6 rings (SSSR count). The predicted octanol–water partition coefficient (Wildman–Crippen LogP) is 9.54. The van der Waals surface area contributed by atoms with Crippen molar-refractivity contribution in [2.45, 2.75) is 91.5 Å². The van der Waals surface area contributed by atoms with Crippen LogP contribution < -0.4 is 16.0 Å². The minimum Gasteiger partial charge on any atom is -0.351 e. The Morgan fingerprint density at radius 1 is 1.06 bits per heavy atom. The van der Waals surface area contributed by atoms with E-state index < -0.39 is 22.4 Å². The molecule has 0 bridgehead atoms. The van der Waals surface area contributed by atoms with Crippen molar-refractivity contribution in [2.75, 3.05) is 22.2 Å². The van der Waals surface area contributed by atoms with Crippen molar-refractivity contribution in [3.8, 4) is 21.8 Å². The van der Waals surface area contributed by atoms with Crippen molar-refractivity contribution in [3.05, 3.63) is 70.2 Å². The van der Waals surface area contributed by atoms with Crippen LogP contribution in [0.1, 0.15) is 90.5 Å². The first-order valence-corrected chi connectivity index (χ1v) is 20.3. The highest BCUT2D eigenvalue weighted by Gasteiger charge is 2.52. The van der Waals surface area contributed by atoms with Crippen molar-refractivity contribution in [1.29, 1.82) is 0 Å². The molecule has 8 nitrogen and oxygen atoms in total. The second kappa shape index (κ2) is 16.9. The molecule has 268 valence electrons. The SMILES string of the molecule is CCC(C)c1nc(-c2cccc(N[N+](=O)c3c(F)cccc3P)c2F)c(-c2ccnc(NC3CC4(C3)CS(=O)C4)n2)s1.CCCCCC(C)C. The third-order valence-corrected chi connectivity index (χ3v) is 12.9. The summed E-state index contributed by atoms with van der Waals surface area (Å²) in [6.07, 6.45) is 10.0. The smallest absolute Gasteiger partial charge is 0.334 e. The number of hydrogen-bond acceptors (Lipinski definition) is 7. The highest BCUT2D eigenvalue weighted by atomic mass is 32.2. The van der Waals surface area contributed by atoms with Crippen molar-refractivity contribution >= 4 is 54.0 Å². The summed E-state index contributed by atoms with van der Waals surface area (Å²) in [5.74, 6) is 1.66. The van der Waals surface area contributed by atoms with Crippen LogP contribution in [0, 0.1) is 27.9 Å². The molecule has 0 amide bonds. The number of nitroso groups, excluding NO2 is 1. The van der Waals surface area contributed by atoms with E-state index in [0.29, 0.717) is 27.5 Å². The minimum atomic E-state index is -0.727. The van der Waals surface area contributed by atoms with Gasteiger partial charge in [-0.1, -0.05) is 81.7 Å². The molecule has 1 aliphatic heterocycles. The van der Waals surface area contributed by atoms with Crippen LogP contribution in [0.4, 0.5) is 26.1 Å². The van der Waals surface area contributed by atoms with Gasteiger partial charge in [-0.25, -0.2) is 19.3 Å². The Kier molecular flexibility index (Phi) is 12.8. The number of benzene rings is 2. The van der Waals surface area contributed by atoms with Gasteiger partial charge in [0, 0.05) is 46.0 Å². The molecule has 50 heavy (non-hydrogen) atoms. The topological polar surface area (TPSA) is 99.9 Å². The summed E-state index contributed by atoms with van der Waals surface area (Å²) in [7, 11) is 1.63. The van der Waals surface area contributed by atoms with Gasteiger partial charge in [0.25, 0.3) is 0 Å². The molecular weight excluding hydrogens is 694 g/mol. The molecule has 2 N–H and O–H groups in total. The number of thiazole rings is 1. The Hall–Kier alpha value is -3.21. The van der Waals surface area contributed by atoms with E-state index in [-0.39, 0.29) is 39.2 Å². The standard InChI is InChI=1S/C29H30F2N6O2PS2.C8H18/c1-3-16(2)27-35-24(18-6-4-8-20(23(18)31)36-37(38)25-19(30)7-5-9-22(25)40)26(41-27)21-10-11-32-28(34-21)33-17-12-29(13-17)14-42(39)15-29;1-4-5-6-7-8(2)3/h4-11,16-17H,3,12-15,40H2,1-2H3,(H,36,38)(H,32,33,34);8H,4-7H2,1-3H3/q+1;. The quantitative estimate of drug-likeness (QED) is 0.0610. The fourth-order valence-electron chi connectivity index (χ4n) is 6.29. The summed E-state index contributed by atoms with van der Waals surface area (Å²) in [5.41, 5.74) is 3.51. The second-order valence-corrected chi connectivity index (χ2v) is 17.0. The van der Waals surface area contributed by atoms with Crippen LogP contribution in [-0.4, -0.2) is 41.6 Å². The van der Waals surface area contributed by atoms with Crippen LogP contribution in [-0.2, 0) is 10.8 Å². The Balaban J connectivity index is 0.000000544. The fourth-order valence-corrected chi connectivity index (χ4v) is 9.60. The molecule has 1 saturated heterocycles. The van der Waals surface area contributed by atoms with Crippen LogP contribution in [0.25, 0.3) is 21.8 Å². The van der Waals surface area contributed by atoms with E-state index in [9.17, 15) is 13.5 Å². The lowest BCUT2D eigenvalue weighted by molar-refractivity contribution is -0.429. The molecule has 2 unspecified atom stereocenters. The van der Waals surface area contributed by atoms with Gasteiger partial charge < -0.3 is 5.32 Å². The maximum atomic E-state index is 16.0. The van der Waals surface area contributed by atoms with E-state index in [2.05, 4.69) is 59.6 Å². The normalized spacial score (nSPS) is 20.0. The predicted molar refractivity (Wildman–Crippen MR) is 206 cm³/mol. The molecule has 2 aromatic carbocycles. The summed E-state index contributed by atoms with van der Waals surface area (Å²) in [6, 6.07) is 10.9. The highest BCUT2D eigenvalue weighted by molar-refractivity contribution is 7.86. The lowest BCUT2D eigenvalue weighted by Crippen LogP contribution is -2.57. The minimum absolute atomic E-state index is 0.111. The van der Waals surface area contributed by atoms with Gasteiger partial charge in [0.15, 0.2) is 10.7 Å². The number of rotatable bonds is 13. The van der Waals surface area contributed by atoms with Gasteiger partial charge in [-0.2, -0.15) is 4.39 Å². The number of hydrazine groups is 1. The largest absolute Gasteiger partial charge is 0.351 e. The maximum Gasteiger partial charge on any atom is 0.334 e. The zero-order valence-electron chi connectivity index (χ0n) is 29.5. The lowest BCUT2D eigenvalue weighted by Gasteiger charge is -2.53. The Morgan fingerprint density at radius 2 is 1.80 bits per heavy atom. The van der Waals surface area contributed by atoms with Gasteiger partial charge in [-0.15, -0.1) is 16.8 Å². The molecule has 0 radical (unpaired) electrons. The number of nitrogens with one attached hydrogen (secondary N) is 2. The van der Waals surface area contributed by atoms with Crippen molar-refractivity contribution < 1.29 is 17.9 Å². The molecule has 1 spiro atoms. The molecule has 3 heterocycles. The third-order valence-electron chi connectivity index (χ3n) is 9.27. The van der Waals surface area contributed by atoms with Gasteiger partial charge in [-0.3, -0.25) is 4.21 Å². The molecule has 2 atom stereocenters. The van der Waals surface area contributed by atoms with Gasteiger partial charge in [0.1, 0.15) is 5.69 Å². The van der Waals surface area contributed by atoms with Crippen molar-refractivity contribution in [3.63, 3.8) is 0 Å². The van der Waals surface area contributed by atoms with E-state index in [4.69, 9.17) is 9.97 Å². The molecule has 1 saturated carbocycles. The second-order valence-electron chi connectivity index (χ2n) is 13.9. The van der Waals surface area contributed by atoms with Crippen LogP contribution in [0.2, 0.25) is 0 Å². The van der Waals surface area contributed by atoms with E-state index in [1.165, 1.54) is 55.2 Å². The monoisotopic (exact) mass is 741 g/mol. The van der Waals surface area contributed by atoms with Crippen molar-refractivity contribution in [2.24, 2.45) is 11.3 Å². The highest BCUT2D eigenvalue weighted by Crippen LogP contribution is 2.49. The summed E-state index contributed by atoms with van der Waals surface area (Å²) < 4.78 is 42.0. The number of hydrogen-bond donors (Lipinski definition) is 2. The van der Waals surface area contributed by atoms with Gasteiger partial charge in [0.05, 0.1) is 31.5 Å². The van der Waals surface area contributed by atoms with E-state index in [1.54, 1.807) is 30.5 Å². The maximum absolute atomic E-state index is 16.0. The van der Waals surface area contributed by atoms with Crippen LogP contribution >= 0.6 is 20.6 Å². The average Bonchev–Trinajstić information content (AvgIpc) is 3.49. The first-order valence-electron chi connectivity index (χ1n) is 17.5. The fraction of sp³-hybridized carbons (Fsp3) is 0.486. The average molecular weight is 742 g/mol. The number of anilines is 2. The number of nitrogens with zero attached hydrogens (tertiary/aromatic N) is 4. The number of aromatic nitrogens is 3. The molecule has 13 heteroatoms. The number of unbranched alkanes of at least 4 members (excludes halogenated alkanes) is 2. The lowest BCUT2D eigenvalue weighted by atomic mass is 9.67. The third kappa shape index (κ3) is 8.98. The number of halogens is 2. The van der Waals surface area contributed by atoms with Crippen LogP contribution in [0.5, 0.6) is 0 Å². The Morgan fingerprint density at radius 3 is 2.46 bits per heavy atom. The van der Waals surface area contributed by atoms with Gasteiger partial charge in [-0.05, 0) is 60.9 Å². The Bertz CT molecular complexity index is 1800. The summed E-state index contributed by atoms with van der Waals surface area (Å²) in [4.78, 5) is 27.8. The van der Waals surface area contributed by atoms with Crippen molar-refractivity contribution in [1.82, 2.24) is 15.0 Å². The zero-order valence-corrected chi connectivity index (χ0v) is 32.3. The first kappa shape index (κ1) is 38.0. The Labute approximate surface area is 302 Å². The molecule has 1 aliphatic carbocycles.